The van der Waals surface area contributed by atoms with Crippen molar-refractivity contribution in [3.8, 4) is 0 Å². The molecule has 8 nitrogen and oxygen atoms in total. The van der Waals surface area contributed by atoms with E-state index in [1.54, 1.807) is 22.9 Å². The quantitative estimate of drug-likeness (QED) is 0.254. The highest BCUT2D eigenvalue weighted by molar-refractivity contribution is 8.03. The molecule has 0 aromatic heterocycles. The zero-order valence-electron chi connectivity index (χ0n) is 9.53. The number of nitrogens with two attached hydrogens (primary N) is 1. The largest absolute Gasteiger partial charge is 0.364 e. The van der Waals surface area contributed by atoms with Crippen molar-refractivity contribution in [2.75, 3.05) is 32.2 Å². The molecule has 2 heterocycles. The fourth-order valence-corrected chi connectivity index (χ4v) is 3.03. The van der Waals surface area contributed by atoms with Crippen LogP contribution in [0.4, 0.5) is 0 Å². The highest BCUT2D eigenvalue weighted by atomic mass is 35.5. The Hall–Kier alpha value is -1.06. The third-order valence-corrected chi connectivity index (χ3v) is 4.20. The number of rotatable bonds is 3. The van der Waals surface area contributed by atoms with Crippen LogP contribution in [0.2, 0.25) is 0 Å². The smallest absolute Gasteiger partial charge is 0.269 e. The molecule has 0 amide bonds. The predicted molar refractivity (Wildman–Crippen MR) is 71.3 cm³/mol. The van der Waals surface area contributed by atoms with Gasteiger partial charge in [0.2, 0.25) is 0 Å². The van der Waals surface area contributed by atoms with Gasteiger partial charge in [0, 0.05) is 25.8 Å². The Morgan fingerprint density at radius 1 is 1.72 bits per heavy atom. The second-order valence-corrected chi connectivity index (χ2v) is 6.20. The number of guanidine groups is 1. The fraction of sp³-hybridized carbons (Fsp3) is 0.750. The molecular weight excluding hydrogens is 280 g/mol. The molecule has 1 fully saturated rings. The van der Waals surface area contributed by atoms with Gasteiger partial charge in [0.25, 0.3) is 5.96 Å². The molecule has 2 aliphatic heterocycles. The molecule has 0 bridgehead atoms. The number of thioether (sulfide) groups is 1. The SMILES string of the molecule is NC(=N[N+](=O)[O-])N1CCN(CC2(Cl)C=NCS2)C1. The molecule has 1 unspecified atom stereocenters. The lowest BCUT2D eigenvalue weighted by Crippen LogP contribution is -2.40. The summed E-state index contributed by atoms with van der Waals surface area (Å²) >= 11 is 7.91. The Kier molecular flexibility index (Phi) is 3.93. The molecule has 0 spiro atoms. The number of nitro groups is 1. The minimum Gasteiger partial charge on any atom is -0.364 e. The van der Waals surface area contributed by atoms with Crippen molar-refractivity contribution in [1.82, 2.24) is 9.80 Å². The molecule has 0 aliphatic carbocycles. The minimum atomic E-state index is -0.791. The Labute approximate surface area is 113 Å². The summed E-state index contributed by atoms with van der Waals surface area (Å²) in [6, 6.07) is 0. The van der Waals surface area contributed by atoms with Gasteiger partial charge in [-0.25, -0.2) is 10.1 Å². The lowest BCUT2D eigenvalue weighted by Gasteiger charge is -2.24. The Morgan fingerprint density at radius 3 is 3.11 bits per heavy atom. The third-order valence-electron chi connectivity index (χ3n) is 2.67. The van der Waals surface area contributed by atoms with E-state index in [4.69, 9.17) is 17.3 Å². The van der Waals surface area contributed by atoms with Gasteiger partial charge in [-0.2, -0.15) is 0 Å². The lowest BCUT2D eigenvalue weighted by molar-refractivity contribution is -0.485. The summed E-state index contributed by atoms with van der Waals surface area (Å²) in [5, 5.41) is 12.5. The Morgan fingerprint density at radius 2 is 2.50 bits per heavy atom. The van der Waals surface area contributed by atoms with E-state index >= 15 is 0 Å². The van der Waals surface area contributed by atoms with Gasteiger partial charge in [0.1, 0.15) is 9.31 Å². The van der Waals surface area contributed by atoms with Gasteiger partial charge in [-0.3, -0.25) is 9.89 Å². The summed E-state index contributed by atoms with van der Waals surface area (Å²) < 4.78 is -0.495. The predicted octanol–water partition coefficient (Wildman–Crippen LogP) is -0.222. The molecule has 0 saturated carbocycles. The monoisotopic (exact) mass is 292 g/mol. The summed E-state index contributed by atoms with van der Waals surface area (Å²) in [6.45, 7) is 2.48. The van der Waals surface area contributed by atoms with Gasteiger partial charge >= 0.3 is 0 Å². The molecule has 1 atom stereocenters. The molecular formula is C8H13ClN6O2S. The van der Waals surface area contributed by atoms with E-state index < -0.39 is 9.24 Å². The van der Waals surface area contributed by atoms with Crippen LogP contribution in [0.15, 0.2) is 10.1 Å². The molecule has 0 aromatic carbocycles. The summed E-state index contributed by atoms with van der Waals surface area (Å²) in [5.41, 5.74) is 5.53. The lowest BCUT2D eigenvalue weighted by atomic mass is 10.4. The molecule has 0 aromatic rings. The third kappa shape index (κ3) is 3.24. The van der Waals surface area contributed by atoms with Crippen LogP contribution in [-0.2, 0) is 0 Å². The van der Waals surface area contributed by atoms with Crippen molar-refractivity contribution in [2.24, 2.45) is 15.8 Å². The second-order valence-electron chi connectivity index (χ2n) is 4.02. The first-order valence-electron chi connectivity index (χ1n) is 5.28. The average molecular weight is 293 g/mol. The molecule has 1 saturated heterocycles. The fourth-order valence-electron chi connectivity index (χ4n) is 1.85. The van der Waals surface area contributed by atoms with Crippen LogP contribution < -0.4 is 5.73 Å². The van der Waals surface area contributed by atoms with Gasteiger partial charge in [-0.05, 0) is 0 Å². The van der Waals surface area contributed by atoms with Crippen LogP contribution in [0.25, 0.3) is 0 Å². The number of alkyl halides is 1. The average Bonchev–Trinajstić information content (AvgIpc) is 2.87. The summed E-state index contributed by atoms with van der Waals surface area (Å²) in [6.07, 6.45) is 1.75. The number of hydrogen-bond acceptors (Lipinski definition) is 5. The van der Waals surface area contributed by atoms with E-state index in [2.05, 4.69) is 15.0 Å². The Balaban J connectivity index is 1.89. The zero-order chi connectivity index (χ0) is 13.2. The number of hydrazone groups is 1. The molecule has 10 heteroatoms. The van der Waals surface area contributed by atoms with Crippen molar-refractivity contribution in [3.63, 3.8) is 0 Å². The van der Waals surface area contributed by atoms with E-state index in [9.17, 15) is 10.1 Å². The van der Waals surface area contributed by atoms with E-state index in [1.807, 2.05) is 0 Å². The van der Waals surface area contributed by atoms with Gasteiger partial charge in [-0.1, -0.05) is 11.6 Å². The van der Waals surface area contributed by atoms with Gasteiger partial charge in [0.15, 0.2) is 5.03 Å². The topological polar surface area (TPSA) is 100 Å². The first kappa shape index (κ1) is 13.4. The summed E-state index contributed by atoms with van der Waals surface area (Å²) in [4.78, 5) is 18.1. The molecule has 2 aliphatic rings. The molecule has 2 N–H and O–H groups in total. The standard InChI is InChI=1S/C8H13ClN6O2S/c9-8(3-11-5-18-8)4-13-1-2-14(6-13)7(10)12-15(16)17/h3H,1-2,4-6H2,(H2,10,12). The van der Waals surface area contributed by atoms with Gasteiger partial charge in [0.05, 0.1) is 12.5 Å². The van der Waals surface area contributed by atoms with Crippen molar-refractivity contribution in [3.05, 3.63) is 10.1 Å². The zero-order valence-corrected chi connectivity index (χ0v) is 11.1. The minimum absolute atomic E-state index is 0.0705. The Bertz CT molecular complexity index is 405. The van der Waals surface area contributed by atoms with Crippen LogP contribution in [-0.4, -0.2) is 63.4 Å². The van der Waals surface area contributed by atoms with Crippen molar-refractivity contribution in [2.45, 2.75) is 4.21 Å². The van der Waals surface area contributed by atoms with Crippen molar-refractivity contribution >= 4 is 35.5 Å². The van der Waals surface area contributed by atoms with E-state index in [0.29, 0.717) is 25.6 Å². The molecule has 0 radical (unpaired) electrons. The second kappa shape index (κ2) is 5.29. The maximum Gasteiger partial charge on any atom is 0.269 e. The van der Waals surface area contributed by atoms with Crippen LogP contribution in [0.3, 0.4) is 0 Å². The first-order valence-corrected chi connectivity index (χ1v) is 6.64. The van der Waals surface area contributed by atoms with Crippen molar-refractivity contribution < 1.29 is 5.03 Å². The number of halogens is 1. The number of nitrogens with zero attached hydrogens (tertiary/aromatic N) is 5. The van der Waals surface area contributed by atoms with Crippen LogP contribution in [0.1, 0.15) is 0 Å². The molecule has 2 rings (SSSR count). The normalized spacial score (nSPS) is 29.2. The van der Waals surface area contributed by atoms with Crippen LogP contribution in [0, 0.1) is 10.1 Å². The van der Waals surface area contributed by atoms with E-state index in [0.717, 1.165) is 6.54 Å². The van der Waals surface area contributed by atoms with E-state index in [1.165, 1.54) is 0 Å². The van der Waals surface area contributed by atoms with Crippen molar-refractivity contribution in [1.29, 1.82) is 0 Å². The summed E-state index contributed by atoms with van der Waals surface area (Å²) in [7, 11) is 0. The highest BCUT2D eigenvalue weighted by Crippen LogP contribution is 2.34. The van der Waals surface area contributed by atoms with Gasteiger partial charge < -0.3 is 10.6 Å². The van der Waals surface area contributed by atoms with E-state index in [-0.39, 0.29) is 5.96 Å². The highest BCUT2D eigenvalue weighted by Gasteiger charge is 2.34. The first-order chi connectivity index (χ1) is 8.48. The van der Waals surface area contributed by atoms with Gasteiger partial charge in [-0.15, -0.1) is 11.8 Å². The van der Waals surface area contributed by atoms with Crippen LogP contribution in [0.5, 0.6) is 0 Å². The van der Waals surface area contributed by atoms with Crippen LogP contribution >= 0.6 is 23.4 Å². The number of hydrogen-bond donors (Lipinski definition) is 1. The molecule has 100 valence electrons. The maximum atomic E-state index is 10.2. The maximum absolute atomic E-state index is 10.2. The number of aliphatic imine (C=N–C) groups is 1. The molecule has 18 heavy (non-hydrogen) atoms. The summed E-state index contributed by atoms with van der Waals surface area (Å²) in [5.74, 6) is 0.602.